The van der Waals surface area contributed by atoms with Gasteiger partial charge in [0.2, 0.25) is 11.4 Å². The second-order valence-corrected chi connectivity index (χ2v) is 6.92. The quantitative estimate of drug-likeness (QED) is 0.524. The molecule has 4 rings (SSSR count). The van der Waals surface area contributed by atoms with Crippen LogP contribution in [0.4, 0.5) is 5.69 Å². The van der Waals surface area contributed by atoms with Crippen molar-refractivity contribution in [1.29, 1.82) is 0 Å². The molecule has 134 valence electrons. The van der Waals surface area contributed by atoms with Crippen molar-refractivity contribution in [3.8, 4) is 0 Å². The zero-order chi connectivity index (χ0) is 18.1. The Morgan fingerprint density at radius 1 is 1.04 bits per heavy atom. The molecule has 2 aliphatic heterocycles. The second-order valence-electron chi connectivity index (χ2n) is 6.92. The molecular formula is C20H22N3O3+. The Morgan fingerprint density at radius 3 is 2.46 bits per heavy atom. The van der Waals surface area contributed by atoms with Crippen molar-refractivity contribution in [2.24, 2.45) is 0 Å². The lowest BCUT2D eigenvalue weighted by atomic mass is 9.94. The zero-order valence-electron chi connectivity index (χ0n) is 14.5. The van der Waals surface area contributed by atoms with Crippen molar-refractivity contribution in [2.45, 2.75) is 31.4 Å². The monoisotopic (exact) mass is 352 g/mol. The van der Waals surface area contributed by atoms with Crippen LogP contribution >= 0.6 is 0 Å². The van der Waals surface area contributed by atoms with Crippen molar-refractivity contribution in [2.75, 3.05) is 13.1 Å². The molecule has 1 atom stereocenters. The predicted octanol–water partition coefficient (Wildman–Crippen LogP) is 3.05. The molecule has 6 nitrogen and oxygen atoms in total. The lowest BCUT2D eigenvalue weighted by molar-refractivity contribution is -0.706. The third-order valence-electron chi connectivity index (χ3n) is 5.33. The minimum atomic E-state index is -1.08. The lowest BCUT2D eigenvalue weighted by Gasteiger charge is -2.30. The summed E-state index contributed by atoms with van der Waals surface area (Å²) in [5, 5.41) is 24.6. The number of hydrogen-bond acceptors (Lipinski definition) is 4. The van der Waals surface area contributed by atoms with Crippen molar-refractivity contribution in [3.63, 3.8) is 0 Å². The molecule has 2 heterocycles. The number of hydrazine groups is 1. The minimum Gasteiger partial charge on any atom is -0.362 e. The minimum absolute atomic E-state index is 0.0818. The molecule has 1 fully saturated rings. The summed E-state index contributed by atoms with van der Waals surface area (Å²) in [6, 6.07) is 16.4. The highest BCUT2D eigenvalue weighted by Crippen LogP contribution is 2.38. The number of benzene rings is 2. The smallest absolute Gasteiger partial charge is 0.269 e. The summed E-state index contributed by atoms with van der Waals surface area (Å²) >= 11 is 0. The maximum absolute atomic E-state index is 11.6. The number of nitro groups is 1. The number of hydrogen-bond donors (Lipinski definition) is 1. The summed E-state index contributed by atoms with van der Waals surface area (Å²) < 4.78 is 2.18. The van der Waals surface area contributed by atoms with Gasteiger partial charge in [0.1, 0.15) is 0 Å². The van der Waals surface area contributed by atoms with Crippen LogP contribution in [-0.4, -0.2) is 38.5 Å². The first-order chi connectivity index (χ1) is 12.6. The van der Waals surface area contributed by atoms with Crippen LogP contribution in [0.1, 0.15) is 36.8 Å². The van der Waals surface area contributed by atoms with Gasteiger partial charge in [0.15, 0.2) is 6.54 Å². The van der Waals surface area contributed by atoms with Crippen LogP contribution in [0.5, 0.6) is 0 Å². The fourth-order valence-electron chi connectivity index (χ4n) is 4.01. The van der Waals surface area contributed by atoms with Crippen LogP contribution < -0.4 is 0 Å². The Labute approximate surface area is 152 Å². The summed E-state index contributed by atoms with van der Waals surface area (Å²) in [5.74, 6) is 0. The molecule has 2 aromatic rings. The molecule has 26 heavy (non-hydrogen) atoms. The molecule has 0 aliphatic carbocycles. The fraction of sp³-hybridized carbons (Fsp3) is 0.350. The Hall–Kier alpha value is -2.73. The largest absolute Gasteiger partial charge is 0.362 e. The third kappa shape index (κ3) is 2.76. The molecule has 6 heteroatoms. The summed E-state index contributed by atoms with van der Waals surface area (Å²) in [5.41, 5.74) is 1.83. The van der Waals surface area contributed by atoms with Crippen molar-refractivity contribution in [1.82, 2.24) is 5.01 Å². The van der Waals surface area contributed by atoms with Crippen molar-refractivity contribution < 1.29 is 14.7 Å². The third-order valence-corrected chi connectivity index (χ3v) is 5.33. The van der Waals surface area contributed by atoms with Gasteiger partial charge in [0.05, 0.1) is 17.9 Å². The van der Waals surface area contributed by atoms with Crippen molar-refractivity contribution >= 4 is 11.4 Å². The van der Waals surface area contributed by atoms with E-state index in [9.17, 15) is 15.2 Å². The number of rotatable bonds is 3. The first kappa shape index (κ1) is 16.7. The molecule has 0 saturated carbocycles. The van der Waals surface area contributed by atoms with E-state index in [4.69, 9.17) is 0 Å². The van der Waals surface area contributed by atoms with Crippen LogP contribution in [-0.2, 0) is 5.72 Å². The molecule has 0 spiro atoms. The van der Waals surface area contributed by atoms with E-state index in [0.29, 0.717) is 6.42 Å². The van der Waals surface area contributed by atoms with E-state index in [1.54, 1.807) is 12.1 Å². The summed E-state index contributed by atoms with van der Waals surface area (Å²) in [6.07, 6.45) is 3.71. The summed E-state index contributed by atoms with van der Waals surface area (Å²) in [6.45, 7) is 1.64. The number of nitro benzene ring substituents is 1. The standard InChI is InChI=1S/C20H22N3O3/c24-20(17-7-3-1-4-8-17)15-19(21-13-5-2-6-14-22(20)21)16-9-11-18(12-10-16)23(25)26/h1,3-4,7-12,24H,2,5-6,13-15H2/q+1/t20-/m0/s1. The molecule has 1 saturated heterocycles. The fourth-order valence-corrected chi connectivity index (χ4v) is 4.01. The maximum Gasteiger partial charge on any atom is 0.269 e. The Morgan fingerprint density at radius 2 is 1.77 bits per heavy atom. The van der Waals surface area contributed by atoms with Crippen LogP contribution in [0.3, 0.4) is 0 Å². The number of fused-ring (bicyclic) bond motifs is 1. The summed E-state index contributed by atoms with van der Waals surface area (Å²) in [7, 11) is 0. The molecule has 2 aliphatic rings. The van der Waals surface area contributed by atoms with Crippen LogP contribution in [0.2, 0.25) is 0 Å². The Kier molecular flexibility index (Phi) is 4.20. The molecule has 0 radical (unpaired) electrons. The van der Waals surface area contributed by atoms with Gasteiger partial charge < -0.3 is 5.11 Å². The van der Waals surface area contributed by atoms with Gasteiger partial charge in [-0.2, -0.15) is 0 Å². The van der Waals surface area contributed by atoms with E-state index < -0.39 is 5.72 Å². The van der Waals surface area contributed by atoms with E-state index >= 15 is 0 Å². The van der Waals surface area contributed by atoms with E-state index in [0.717, 1.165) is 49.2 Å². The van der Waals surface area contributed by atoms with Gasteiger partial charge in [-0.25, -0.2) is 0 Å². The number of non-ortho nitro benzene ring substituents is 1. The average Bonchev–Trinajstić information content (AvgIpc) is 2.82. The zero-order valence-corrected chi connectivity index (χ0v) is 14.5. The first-order valence-electron chi connectivity index (χ1n) is 9.03. The molecular weight excluding hydrogens is 330 g/mol. The summed E-state index contributed by atoms with van der Waals surface area (Å²) in [4.78, 5) is 10.5. The first-order valence-corrected chi connectivity index (χ1v) is 9.03. The normalized spacial score (nSPS) is 22.9. The average molecular weight is 352 g/mol. The van der Waals surface area contributed by atoms with Gasteiger partial charge in [0.25, 0.3) is 5.69 Å². The van der Waals surface area contributed by atoms with E-state index in [1.807, 2.05) is 30.3 Å². The van der Waals surface area contributed by atoms with Gasteiger partial charge in [-0.3, -0.25) is 10.1 Å². The predicted molar refractivity (Wildman–Crippen MR) is 97.8 cm³/mol. The number of hydrazone groups is 1. The second kappa shape index (κ2) is 6.53. The highest BCUT2D eigenvalue weighted by molar-refractivity contribution is 5.98. The van der Waals surface area contributed by atoms with Gasteiger partial charge in [-0.1, -0.05) is 30.3 Å². The molecule has 0 bridgehead atoms. The van der Waals surface area contributed by atoms with Gasteiger partial charge in [-0.05, 0) is 25.0 Å². The maximum atomic E-state index is 11.6. The Balaban J connectivity index is 1.77. The lowest BCUT2D eigenvalue weighted by Crippen LogP contribution is -2.46. The van der Waals surface area contributed by atoms with Crippen molar-refractivity contribution in [3.05, 3.63) is 75.8 Å². The Bertz CT molecular complexity index is 848. The van der Waals surface area contributed by atoms with Crippen LogP contribution in [0, 0.1) is 10.1 Å². The van der Waals surface area contributed by atoms with E-state index in [1.165, 1.54) is 12.1 Å². The molecule has 0 amide bonds. The molecule has 1 N–H and O–H groups in total. The van der Waals surface area contributed by atoms with Crippen LogP contribution in [0.15, 0.2) is 54.6 Å². The number of aliphatic hydroxyl groups is 1. The highest BCUT2D eigenvalue weighted by atomic mass is 16.6. The van der Waals surface area contributed by atoms with Crippen LogP contribution in [0.25, 0.3) is 0 Å². The topological polar surface area (TPSA) is 69.6 Å². The van der Waals surface area contributed by atoms with E-state index in [-0.39, 0.29) is 10.6 Å². The highest BCUT2D eigenvalue weighted by Gasteiger charge is 2.52. The van der Waals surface area contributed by atoms with Gasteiger partial charge in [0, 0.05) is 29.7 Å². The molecule has 2 aromatic carbocycles. The van der Waals surface area contributed by atoms with E-state index in [2.05, 4.69) is 9.69 Å². The van der Waals surface area contributed by atoms with Gasteiger partial charge in [-0.15, -0.1) is 9.69 Å². The molecule has 0 aromatic heterocycles. The molecule has 0 unspecified atom stereocenters. The SMILES string of the molecule is O=[N+]([O-])c1ccc(C2=[N+]3CCCCCN3[C@@](O)(c3ccccc3)C2)cc1. The van der Waals surface area contributed by atoms with Gasteiger partial charge >= 0.3 is 0 Å². The number of nitrogens with zero attached hydrogens (tertiary/aromatic N) is 3.